The van der Waals surface area contributed by atoms with E-state index in [1.54, 1.807) is 0 Å². The molecule has 0 atom stereocenters. The summed E-state index contributed by atoms with van der Waals surface area (Å²) in [4.78, 5) is 0. The average molecular weight is 614 g/mol. The molecule has 2 rings (SSSR count). The fraction of sp³-hybridized carbons (Fsp3) is 0.412. The Labute approximate surface area is 199 Å². The van der Waals surface area contributed by atoms with E-state index in [0.717, 1.165) is 0 Å². The summed E-state index contributed by atoms with van der Waals surface area (Å²) in [6.07, 6.45) is -50.6. The molecule has 0 aromatic heterocycles. The van der Waals surface area contributed by atoms with E-state index >= 15 is 0 Å². The van der Waals surface area contributed by atoms with Gasteiger partial charge < -0.3 is 0 Å². The molecule has 0 aliphatic heterocycles. The molecule has 0 amide bonds. The molecule has 2 aromatic rings. The Bertz CT molecular complexity index is 1290. The van der Waals surface area contributed by atoms with Crippen LogP contribution in [0.5, 0.6) is 0 Å². The van der Waals surface area contributed by atoms with Gasteiger partial charge in [-0.15, -0.1) is 0 Å². The van der Waals surface area contributed by atoms with Crippen LogP contribution < -0.4 is 5.46 Å². The lowest BCUT2D eigenvalue weighted by molar-refractivity contribution is -0.182. The molecule has 22 heteroatoms. The van der Waals surface area contributed by atoms with E-state index in [0.29, 0.717) is 0 Å². The molecule has 0 unspecified atom stereocenters. The fourth-order valence-electron chi connectivity index (χ4n) is 3.78. The Kier molecular flexibility index (Phi) is 7.21. The summed E-state index contributed by atoms with van der Waals surface area (Å²) in [5.74, 6) is 0. The highest BCUT2D eigenvalue weighted by Crippen LogP contribution is 2.59. The zero-order chi connectivity index (χ0) is 31.3. The first kappa shape index (κ1) is 32.5. The lowest BCUT2D eigenvalue weighted by atomic mass is 9.74. The predicted molar refractivity (Wildman–Crippen MR) is 84.3 cm³/mol. The molecule has 2 aromatic carbocycles. The molecule has 0 nitrogen and oxygen atoms in total. The highest BCUT2D eigenvalue weighted by Gasteiger charge is 2.60. The number of halogens is 21. The Balaban J connectivity index is 3.99. The van der Waals surface area contributed by atoms with E-state index in [1.807, 2.05) is 0 Å². The first-order chi connectivity index (χ1) is 16.8. The minimum Gasteiger partial charge on any atom is -0.166 e. The molecule has 2 radical (unpaired) electrons. The Morgan fingerprint density at radius 2 is 0.436 bits per heavy atom. The van der Waals surface area contributed by atoms with Gasteiger partial charge in [0.2, 0.25) is 0 Å². The molecule has 0 saturated heterocycles. The van der Waals surface area contributed by atoms with E-state index in [9.17, 15) is 92.2 Å². The van der Waals surface area contributed by atoms with Crippen LogP contribution in [0, 0.1) is 0 Å². The predicted octanol–water partition coefficient (Wildman–Crippen LogP) is 8.77. The van der Waals surface area contributed by atoms with Crippen molar-refractivity contribution in [2.24, 2.45) is 0 Å². The Morgan fingerprint density at radius 1 is 0.256 bits per heavy atom. The summed E-state index contributed by atoms with van der Waals surface area (Å²) >= 11 is 0. The third-order valence-corrected chi connectivity index (χ3v) is 4.77. The van der Waals surface area contributed by atoms with Crippen LogP contribution in [0.3, 0.4) is 0 Å². The van der Waals surface area contributed by atoms with Gasteiger partial charge in [0.25, 0.3) is 0 Å². The number of benzene rings is 2. The third kappa shape index (κ3) is 5.64. The molecular formula is C17BF21. The third-order valence-electron chi connectivity index (χ3n) is 4.77. The second-order valence-corrected chi connectivity index (χ2v) is 7.27. The van der Waals surface area contributed by atoms with Gasteiger partial charge in [0.15, 0.2) is 0 Å². The van der Waals surface area contributed by atoms with Crippen LogP contribution in [-0.2, 0) is 43.2 Å². The number of hydrogen-bond acceptors (Lipinski definition) is 0. The molecular weight excluding hydrogens is 614 g/mol. The molecule has 218 valence electrons. The summed E-state index contributed by atoms with van der Waals surface area (Å²) in [7, 11) is 4.38. The van der Waals surface area contributed by atoms with E-state index in [1.165, 1.54) is 0 Å². The maximum absolute atomic E-state index is 13.7. The zero-order valence-corrected chi connectivity index (χ0v) is 17.0. The van der Waals surface area contributed by atoms with Gasteiger partial charge >= 0.3 is 43.2 Å². The largest absolute Gasteiger partial charge is 0.417 e. The van der Waals surface area contributed by atoms with Crippen molar-refractivity contribution in [3.05, 3.63) is 38.9 Å². The van der Waals surface area contributed by atoms with Crippen LogP contribution in [0.15, 0.2) is 0 Å². The minimum absolute atomic E-state index is 3.48. The van der Waals surface area contributed by atoms with E-state index in [2.05, 4.69) is 7.85 Å². The fourth-order valence-corrected chi connectivity index (χ4v) is 3.78. The SMILES string of the molecule is [B]c1c(C(F)(F)F)c(C(F)(F)F)c2c(C(F)(F)F)c(C(F)(F)F)c(C(F)(F)F)c(C(F)(F)F)c2c1C(F)(F)F. The molecule has 0 saturated carbocycles. The maximum Gasteiger partial charge on any atom is 0.417 e. The van der Waals surface area contributed by atoms with Gasteiger partial charge in [-0.05, 0) is 0 Å². The molecule has 39 heavy (non-hydrogen) atoms. The van der Waals surface area contributed by atoms with Gasteiger partial charge in [-0.25, -0.2) is 0 Å². The van der Waals surface area contributed by atoms with Crippen molar-refractivity contribution in [3.8, 4) is 0 Å². The van der Waals surface area contributed by atoms with Gasteiger partial charge in [-0.2, -0.15) is 92.2 Å². The van der Waals surface area contributed by atoms with Gasteiger partial charge in [0.1, 0.15) is 7.85 Å². The molecule has 0 heterocycles. The smallest absolute Gasteiger partial charge is 0.166 e. The highest BCUT2D eigenvalue weighted by atomic mass is 19.4. The maximum atomic E-state index is 13.7. The second kappa shape index (κ2) is 8.65. The quantitative estimate of drug-likeness (QED) is 0.206. The lowest BCUT2D eigenvalue weighted by Crippen LogP contribution is -2.36. The van der Waals surface area contributed by atoms with Crippen molar-refractivity contribution in [1.29, 1.82) is 0 Å². The van der Waals surface area contributed by atoms with Gasteiger partial charge in [0.05, 0.1) is 38.9 Å². The van der Waals surface area contributed by atoms with E-state index in [-0.39, 0.29) is 0 Å². The van der Waals surface area contributed by atoms with Crippen LogP contribution in [0.1, 0.15) is 38.9 Å². The van der Waals surface area contributed by atoms with Crippen LogP contribution >= 0.6 is 0 Å². The summed E-state index contributed by atoms with van der Waals surface area (Å²) < 4.78 is 286. The lowest BCUT2D eigenvalue weighted by Gasteiger charge is -2.32. The van der Waals surface area contributed by atoms with Crippen LogP contribution in [0.4, 0.5) is 92.2 Å². The first-order valence-corrected chi connectivity index (χ1v) is 8.76. The Hall–Kier alpha value is -2.71. The van der Waals surface area contributed by atoms with Crippen LogP contribution in [0.25, 0.3) is 10.8 Å². The summed E-state index contributed by atoms with van der Waals surface area (Å²) in [6, 6.07) is 0. The van der Waals surface area contributed by atoms with Gasteiger partial charge in [-0.3, -0.25) is 0 Å². The molecule has 0 fully saturated rings. The normalized spacial score (nSPS) is 14.9. The number of fused-ring (bicyclic) bond motifs is 1. The molecule has 0 bridgehead atoms. The van der Waals surface area contributed by atoms with Crippen molar-refractivity contribution in [2.75, 3.05) is 0 Å². The highest BCUT2D eigenvalue weighted by molar-refractivity contribution is 6.36. The summed E-state index contributed by atoms with van der Waals surface area (Å²) in [5.41, 5.74) is -34.0. The molecule has 0 aliphatic rings. The molecule has 0 N–H and O–H groups in total. The van der Waals surface area contributed by atoms with E-state index in [4.69, 9.17) is 0 Å². The van der Waals surface area contributed by atoms with Crippen molar-refractivity contribution in [2.45, 2.75) is 43.2 Å². The van der Waals surface area contributed by atoms with E-state index < -0.39 is 98.4 Å². The monoisotopic (exact) mass is 614 g/mol. The number of hydrogen-bond donors (Lipinski definition) is 0. The minimum atomic E-state index is -7.40. The topological polar surface area (TPSA) is 0 Å². The van der Waals surface area contributed by atoms with Crippen molar-refractivity contribution >= 4 is 24.1 Å². The summed E-state index contributed by atoms with van der Waals surface area (Å²) in [6.45, 7) is 0. The van der Waals surface area contributed by atoms with Gasteiger partial charge in [-0.1, -0.05) is 5.46 Å². The average Bonchev–Trinajstić information content (AvgIpc) is 2.58. The van der Waals surface area contributed by atoms with Crippen molar-refractivity contribution < 1.29 is 92.2 Å². The van der Waals surface area contributed by atoms with Crippen LogP contribution in [0.2, 0.25) is 0 Å². The van der Waals surface area contributed by atoms with Gasteiger partial charge in [0, 0.05) is 10.8 Å². The summed E-state index contributed by atoms with van der Waals surface area (Å²) in [5, 5.41) is -8.14. The van der Waals surface area contributed by atoms with Crippen molar-refractivity contribution in [1.82, 2.24) is 0 Å². The Morgan fingerprint density at radius 3 is 0.641 bits per heavy atom. The first-order valence-electron chi connectivity index (χ1n) is 8.76. The van der Waals surface area contributed by atoms with Crippen LogP contribution in [-0.4, -0.2) is 7.85 Å². The zero-order valence-electron chi connectivity index (χ0n) is 17.0. The molecule has 0 aliphatic carbocycles. The number of rotatable bonds is 0. The van der Waals surface area contributed by atoms with Crippen molar-refractivity contribution in [3.63, 3.8) is 0 Å². The standard InChI is InChI=1S/C17BF21/c18-10-6(14(28,29)30)2-1(5(13(25,26)27)9(10)17(37,38)39)3(11(19,20)21)7(15(31,32)33)8(16(34,35)36)4(2)12(22,23)24. The number of alkyl halides is 21. The molecule has 0 spiro atoms. The second-order valence-electron chi connectivity index (χ2n) is 7.27.